The second-order valence-corrected chi connectivity index (χ2v) is 18.9. The molecule has 14 N–H and O–H groups in total. The highest BCUT2D eigenvalue weighted by atomic mass is 16.6. The van der Waals surface area contributed by atoms with E-state index in [1.807, 2.05) is 9.80 Å². The van der Waals surface area contributed by atoms with Crippen LogP contribution in [0.2, 0.25) is 0 Å². The molecule has 0 aliphatic carbocycles. The molecule has 0 unspecified atom stereocenters. The Balaban J connectivity index is 1.65. The summed E-state index contributed by atoms with van der Waals surface area (Å²) >= 11 is 0. The molecular formula is C50H85N13O20. The van der Waals surface area contributed by atoms with Crippen LogP contribution in [0.15, 0.2) is 28.7 Å². The van der Waals surface area contributed by atoms with Crippen LogP contribution in [0.25, 0.3) is 0 Å². The average molecular weight is 1190 g/mol. The third kappa shape index (κ3) is 24.4. The Hall–Kier alpha value is -7.00. The third-order valence-electron chi connectivity index (χ3n) is 12.7. The molecule has 3 aliphatic rings. The molecule has 3 amide bonds. The van der Waals surface area contributed by atoms with Gasteiger partial charge in [0.05, 0.1) is 96.8 Å². The molecule has 0 aromatic heterocycles. The SMILES string of the molecule is C#CCOCCOCCOCCOCN(C)/C(=N/C)N(CCOCCN(C)C(=O)O[C@@H]([C@@H]1OC(C(=O)O)=C[C@H](NC(=N)N)[C@H]1NC(C)=O)[C@H](O)CO)CCOCCN(C)C(=O)O[C@H](CCO)[C@@H]1OC(C(=O)O)=C[C@H](NC(=N)N)[C@H]1N1CCC1. The number of hydrogen-bond donors (Lipinski definition) is 12. The smallest absolute Gasteiger partial charge is 0.410 e. The number of rotatable bonds is 38. The molecule has 9 atom stereocenters. The van der Waals surface area contributed by atoms with E-state index in [0.29, 0.717) is 45.5 Å². The van der Waals surface area contributed by atoms with Crippen molar-refractivity contribution in [2.45, 2.75) is 74.5 Å². The number of likely N-dealkylation sites (tertiary alicyclic amines) is 1. The number of terminal acetylenes is 1. The Bertz CT molecular complexity index is 2200. The van der Waals surface area contributed by atoms with Crippen molar-refractivity contribution in [3.8, 4) is 12.3 Å². The molecular weight excluding hydrogens is 1100 g/mol. The maximum absolute atomic E-state index is 13.5. The number of amides is 3. The lowest BCUT2D eigenvalue weighted by atomic mass is 9.89. The van der Waals surface area contributed by atoms with E-state index in [9.17, 15) is 49.5 Å². The second-order valence-electron chi connectivity index (χ2n) is 18.9. The number of likely N-dealkylation sites (N-methyl/N-ethyl adjacent to an activating group) is 2. The Morgan fingerprint density at radius 3 is 1.72 bits per heavy atom. The number of carboxylic acid groups (broad SMARTS) is 2. The van der Waals surface area contributed by atoms with Crippen LogP contribution in [0, 0.1) is 23.2 Å². The second kappa shape index (κ2) is 38.0. The van der Waals surface area contributed by atoms with E-state index in [4.69, 9.17) is 76.1 Å². The lowest BCUT2D eigenvalue weighted by Gasteiger charge is -2.48. The first-order valence-corrected chi connectivity index (χ1v) is 26.7. The summed E-state index contributed by atoms with van der Waals surface area (Å²) < 4.78 is 57.0. The van der Waals surface area contributed by atoms with Gasteiger partial charge in [-0.2, -0.15) is 0 Å². The summed E-state index contributed by atoms with van der Waals surface area (Å²) in [6.07, 6.45) is -0.884. The lowest BCUT2D eigenvalue weighted by molar-refractivity contribution is -0.147. The van der Waals surface area contributed by atoms with Crippen molar-refractivity contribution in [2.24, 2.45) is 16.5 Å². The minimum absolute atomic E-state index is 0.0439. The van der Waals surface area contributed by atoms with Gasteiger partial charge in [0.15, 0.2) is 36.2 Å². The Morgan fingerprint density at radius 1 is 0.747 bits per heavy atom. The van der Waals surface area contributed by atoms with E-state index in [0.717, 1.165) is 24.3 Å². The molecule has 3 heterocycles. The van der Waals surface area contributed by atoms with Crippen molar-refractivity contribution in [3.05, 3.63) is 23.7 Å². The van der Waals surface area contributed by atoms with Crippen molar-refractivity contribution in [1.29, 1.82) is 10.8 Å². The van der Waals surface area contributed by atoms with Gasteiger partial charge in [-0.3, -0.25) is 25.5 Å². The fourth-order valence-electron chi connectivity index (χ4n) is 8.62. The van der Waals surface area contributed by atoms with Gasteiger partial charge in [0, 0.05) is 74.3 Å². The van der Waals surface area contributed by atoms with Gasteiger partial charge in [0.1, 0.15) is 25.5 Å². The fourth-order valence-corrected chi connectivity index (χ4v) is 8.62. The summed E-state index contributed by atoms with van der Waals surface area (Å²) in [5.74, 6) is -2.77. The number of aliphatic hydroxyl groups is 3. The Labute approximate surface area is 482 Å². The average Bonchev–Trinajstić information content (AvgIpc) is 3.11. The number of nitrogens with one attached hydrogen (secondary N) is 5. The van der Waals surface area contributed by atoms with E-state index in [2.05, 4.69) is 26.9 Å². The highest BCUT2D eigenvalue weighted by Gasteiger charge is 2.48. The van der Waals surface area contributed by atoms with Crippen LogP contribution >= 0.6 is 0 Å². The molecule has 33 heteroatoms. The molecule has 470 valence electrons. The first kappa shape index (κ1) is 70.3. The monoisotopic (exact) mass is 1190 g/mol. The van der Waals surface area contributed by atoms with E-state index in [-0.39, 0.29) is 85.6 Å². The highest BCUT2D eigenvalue weighted by molar-refractivity contribution is 5.86. The van der Waals surface area contributed by atoms with Crippen LogP contribution < -0.4 is 27.4 Å². The number of aliphatic carboxylic acids is 2. The van der Waals surface area contributed by atoms with Gasteiger partial charge < -0.3 is 120 Å². The van der Waals surface area contributed by atoms with Crippen molar-refractivity contribution in [2.75, 3.05) is 160 Å². The Kier molecular flexibility index (Phi) is 32.1. The van der Waals surface area contributed by atoms with Gasteiger partial charge in [0.25, 0.3) is 0 Å². The normalized spacial score (nSPS) is 20.6. The van der Waals surface area contributed by atoms with E-state index < -0.39 is 121 Å². The first-order valence-electron chi connectivity index (χ1n) is 26.7. The number of hydrogen-bond acceptors (Lipinski definition) is 22. The standard InChI is InChI=1S/C50H85N13O20/c1-7-17-74-22-23-77-24-25-78-26-27-79-31-61(6)48(55-3)63(14-20-75-18-12-59(4)49(72)82-36(9-16-64)42-40(62-10-8-11-62)34(58-47(53)54)29-38(80-42)45(70)71)15-21-76-19-13-60(5)50(73)83-41(35(67)30-65)43-39(56-32(2)66)33(57-46(51)52)28-37(81-43)44(68)69/h1,28-29,33-36,39-43,64-65,67H,8-27,30-31H2,2-6H3,(H,56,66)(H,68,69)(H,70,71)(H4,51,52,57)(H4,53,54,58)/b55-48-/t33-,34-,35+,36+,39+,40+,41+,42-,43+/m0/s1. The number of nitrogens with zero attached hydrogens (tertiary/aromatic N) is 6. The molecule has 0 spiro atoms. The summed E-state index contributed by atoms with van der Waals surface area (Å²) in [6.45, 7) is 3.99. The third-order valence-corrected chi connectivity index (χ3v) is 12.7. The summed E-state index contributed by atoms with van der Waals surface area (Å²) in [7, 11) is 6.20. The molecule has 3 rings (SSSR count). The zero-order valence-electron chi connectivity index (χ0n) is 47.7. The minimum atomic E-state index is -1.83. The number of aliphatic imine (C=N–C) groups is 1. The van der Waals surface area contributed by atoms with Crippen molar-refractivity contribution >= 4 is 47.9 Å². The maximum atomic E-state index is 13.5. The largest absolute Gasteiger partial charge is 0.478 e. The molecule has 3 aliphatic heterocycles. The molecule has 0 saturated carbocycles. The molecule has 1 fully saturated rings. The summed E-state index contributed by atoms with van der Waals surface area (Å²) in [5.41, 5.74) is 11.2. The topological polar surface area (TPSA) is 443 Å². The fraction of sp³-hybridized carbons (Fsp3) is 0.720. The number of ether oxygens (including phenoxy) is 10. The first-order chi connectivity index (χ1) is 39.7. The molecule has 1 saturated heterocycles. The van der Waals surface area contributed by atoms with Gasteiger partial charge in [-0.1, -0.05) is 5.92 Å². The van der Waals surface area contributed by atoms with Crippen LogP contribution in [-0.2, 0) is 61.8 Å². The summed E-state index contributed by atoms with van der Waals surface area (Å²) in [5, 5.41) is 73.9. The van der Waals surface area contributed by atoms with Crippen molar-refractivity contribution < 1.29 is 96.9 Å². The van der Waals surface area contributed by atoms with Gasteiger partial charge in [-0.05, 0) is 31.7 Å². The quantitative estimate of drug-likeness (QED) is 0.00912. The van der Waals surface area contributed by atoms with Gasteiger partial charge in [0.2, 0.25) is 17.4 Å². The molecule has 83 heavy (non-hydrogen) atoms. The number of carbonyl (C=O) groups is 5. The maximum Gasteiger partial charge on any atom is 0.410 e. The van der Waals surface area contributed by atoms with Crippen LogP contribution in [0.1, 0.15) is 19.8 Å². The number of carbonyl (C=O) groups excluding carboxylic acids is 3. The van der Waals surface area contributed by atoms with E-state index >= 15 is 0 Å². The zero-order valence-corrected chi connectivity index (χ0v) is 47.7. The van der Waals surface area contributed by atoms with Crippen molar-refractivity contribution in [1.82, 2.24) is 40.4 Å². The number of nitrogens with two attached hydrogens (primary N) is 2. The zero-order chi connectivity index (χ0) is 61.4. The van der Waals surface area contributed by atoms with E-state index in [1.165, 1.54) is 25.1 Å². The van der Waals surface area contributed by atoms with Gasteiger partial charge in [-0.15, -0.1) is 6.42 Å². The number of aliphatic hydroxyl groups excluding tert-OH is 3. The van der Waals surface area contributed by atoms with Gasteiger partial charge in [-0.25, -0.2) is 19.2 Å². The number of guanidine groups is 3. The molecule has 33 nitrogen and oxygen atoms in total. The highest BCUT2D eigenvalue weighted by Crippen LogP contribution is 2.31. The Morgan fingerprint density at radius 2 is 1.24 bits per heavy atom. The molecule has 0 aromatic rings. The lowest BCUT2D eigenvalue weighted by Crippen LogP contribution is -2.65. The summed E-state index contributed by atoms with van der Waals surface area (Å²) in [4.78, 5) is 75.9. The predicted molar refractivity (Wildman–Crippen MR) is 293 cm³/mol. The predicted octanol–water partition coefficient (Wildman–Crippen LogP) is -4.48. The van der Waals surface area contributed by atoms with E-state index in [1.54, 1.807) is 19.0 Å². The van der Waals surface area contributed by atoms with Crippen molar-refractivity contribution in [3.63, 3.8) is 0 Å². The van der Waals surface area contributed by atoms with Crippen LogP contribution in [0.5, 0.6) is 0 Å². The molecule has 0 radical (unpaired) electrons. The molecule has 0 bridgehead atoms. The van der Waals surface area contributed by atoms with Gasteiger partial charge >= 0.3 is 24.1 Å². The minimum Gasteiger partial charge on any atom is -0.478 e. The summed E-state index contributed by atoms with van der Waals surface area (Å²) in [6, 6.07) is -3.82. The van der Waals surface area contributed by atoms with Crippen LogP contribution in [0.4, 0.5) is 9.59 Å². The van der Waals surface area contributed by atoms with Crippen LogP contribution in [-0.4, -0.2) is 313 Å². The van der Waals surface area contributed by atoms with Crippen LogP contribution in [0.3, 0.4) is 0 Å². The molecule has 0 aromatic carbocycles. The number of carboxylic acids is 2.